The fraction of sp³-hybridized carbons (Fsp3) is 0.233. The van der Waals surface area contributed by atoms with Crippen LogP contribution < -0.4 is 15.5 Å². The molecule has 1 saturated heterocycles. The molecule has 0 spiro atoms. The van der Waals surface area contributed by atoms with E-state index in [1.54, 1.807) is 6.20 Å². The molecule has 4 N–H and O–H groups in total. The Kier molecular flexibility index (Phi) is 6.81. The number of carboxylic acid groups (broad SMARTS) is 1. The van der Waals surface area contributed by atoms with E-state index in [0.717, 1.165) is 59.3 Å². The number of benzene rings is 2. The van der Waals surface area contributed by atoms with Gasteiger partial charge in [-0.25, -0.2) is 14.2 Å². The number of aromatic nitrogens is 3. The Morgan fingerprint density at radius 1 is 1.08 bits per heavy atom. The molecule has 39 heavy (non-hydrogen) atoms. The number of fused-ring (bicyclic) bond motifs is 2. The molecule has 1 aliphatic rings. The number of carbonyl (C=O) groups is 1. The summed E-state index contributed by atoms with van der Waals surface area (Å²) in [5, 5.41) is 16.8. The number of hydrogen-bond donors (Lipinski definition) is 4. The molecule has 6 rings (SSSR count). The summed E-state index contributed by atoms with van der Waals surface area (Å²) in [7, 11) is 0. The largest absolute Gasteiger partial charge is 0.465 e. The van der Waals surface area contributed by atoms with Gasteiger partial charge in [-0.3, -0.25) is 4.98 Å². The highest BCUT2D eigenvalue weighted by Gasteiger charge is 2.24. The number of amides is 1. The maximum absolute atomic E-state index is 15.4. The van der Waals surface area contributed by atoms with Crippen molar-refractivity contribution in [3.63, 3.8) is 0 Å². The third-order valence-corrected chi connectivity index (χ3v) is 7.26. The van der Waals surface area contributed by atoms with E-state index in [1.807, 2.05) is 42.7 Å². The minimum atomic E-state index is -1.03. The molecule has 0 aliphatic carbocycles. The number of nitrogens with one attached hydrogen (secondary N) is 3. The lowest BCUT2D eigenvalue weighted by Crippen LogP contribution is -2.47. The number of pyridine rings is 2. The molecule has 198 valence electrons. The van der Waals surface area contributed by atoms with Crippen molar-refractivity contribution in [1.29, 1.82) is 0 Å². The van der Waals surface area contributed by atoms with E-state index in [0.29, 0.717) is 24.0 Å². The van der Waals surface area contributed by atoms with Gasteiger partial charge in [0, 0.05) is 72.8 Å². The van der Waals surface area contributed by atoms with Crippen LogP contribution in [-0.2, 0) is 13.1 Å². The number of rotatable bonds is 7. The molecule has 0 unspecified atom stereocenters. The fourth-order valence-electron chi connectivity index (χ4n) is 5.45. The van der Waals surface area contributed by atoms with Gasteiger partial charge in [0.05, 0.1) is 0 Å². The molecule has 1 aliphatic heterocycles. The van der Waals surface area contributed by atoms with Crippen LogP contribution in [0.3, 0.4) is 0 Å². The highest BCUT2D eigenvalue weighted by atomic mass is 19.1. The number of nitrogens with zero attached hydrogens (tertiary/aromatic N) is 3. The lowest BCUT2D eigenvalue weighted by atomic mass is 10.00. The second-order valence-corrected chi connectivity index (χ2v) is 9.95. The first-order valence-electron chi connectivity index (χ1n) is 13.1. The van der Waals surface area contributed by atoms with Crippen LogP contribution in [0.1, 0.15) is 24.0 Å². The second-order valence-electron chi connectivity index (χ2n) is 9.95. The molecule has 5 aromatic rings. The van der Waals surface area contributed by atoms with E-state index in [1.165, 1.54) is 11.6 Å². The first-order chi connectivity index (χ1) is 19.0. The van der Waals surface area contributed by atoms with E-state index in [-0.39, 0.29) is 6.04 Å². The van der Waals surface area contributed by atoms with Crippen molar-refractivity contribution < 1.29 is 14.3 Å². The molecular formula is C30H29FN6O2. The molecule has 1 fully saturated rings. The molecular weight excluding hydrogens is 495 g/mol. The van der Waals surface area contributed by atoms with Gasteiger partial charge in [0.15, 0.2) is 0 Å². The van der Waals surface area contributed by atoms with Crippen LogP contribution in [0.5, 0.6) is 0 Å². The zero-order valence-electron chi connectivity index (χ0n) is 21.3. The first-order valence-corrected chi connectivity index (χ1v) is 13.1. The van der Waals surface area contributed by atoms with Crippen molar-refractivity contribution in [2.24, 2.45) is 0 Å². The number of piperidine rings is 1. The fourth-order valence-corrected chi connectivity index (χ4v) is 5.45. The summed E-state index contributed by atoms with van der Waals surface area (Å²) >= 11 is 0. The van der Waals surface area contributed by atoms with Gasteiger partial charge in [-0.15, -0.1) is 0 Å². The summed E-state index contributed by atoms with van der Waals surface area (Å²) in [5.74, 6) is -0.399. The normalized spacial score (nSPS) is 15.6. The Labute approximate surface area is 224 Å². The molecule has 0 saturated carbocycles. The number of anilines is 1. The van der Waals surface area contributed by atoms with Gasteiger partial charge in [-0.2, -0.15) is 0 Å². The number of hydrogen-bond acceptors (Lipinski definition) is 5. The maximum Gasteiger partial charge on any atom is 0.404 e. The first kappa shape index (κ1) is 24.8. The number of aromatic amines is 1. The molecule has 3 aromatic heterocycles. The molecule has 1 amide bonds. The second kappa shape index (κ2) is 10.7. The van der Waals surface area contributed by atoms with Gasteiger partial charge >= 0.3 is 6.09 Å². The molecule has 1 atom stereocenters. The van der Waals surface area contributed by atoms with Crippen molar-refractivity contribution in [1.82, 2.24) is 25.6 Å². The van der Waals surface area contributed by atoms with Crippen molar-refractivity contribution in [2.45, 2.75) is 32.0 Å². The standard InChI is InChI=1S/C30H29FN6O2/c31-26-13-21(12-24-27(8-9-33-28(24)26)37-10-4-7-22(18-37)36-30(38)39)25-17-35-29-23(25)11-20(16-34-29)15-32-14-19-5-2-1-3-6-19/h1-3,5-6,8-9,11-13,16-17,22,32,36H,4,7,10,14-15,18H2,(H,34,35)(H,38,39)/t22-/m1/s1. The van der Waals surface area contributed by atoms with E-state index in [4.69, 9.17) is 0 Å². The van der Waals surface area contributed by atoms with Gasteiger partial charge < -0.3 is 25.6 Å². The van der Waals surface area contributed by atoms with Crippen LogP contribution >= 0.6 is 0 Å². The zero-order valence-corrected chi connectivity index (χ0v) is 21.3. The lowest BCUT2D eigenvalue weighted by Gasteiger charge is -2.34. The van der Waals surface area contributed by atoms with Crippen LogP contribution in [0.25, 0.3) is 33.1 Å². The molecule has 0 bridgehead atoms. The van der Waals surface area contributed by atoms with Crippen molar-refractivity contribution in [3.8, 4) is 11.1 Å². The maximum atomic E-state index is 15.4. The van der Waals surface area contributed by atoms with Gasteiger partial charge in [0.2, 0.25) is 0 Å². The van der Waals surface area contributed by atoms with Crippen molar-refractivity contribution in [3.05, 3.63) is 90.1 Å². The van der Waals surface area contributed by atoms with Crippen LogP contribution in [0.2, 0.25) is 0 Å². The summed E-state index contributed by atoms with van der Waals surface area (Å²) in [6, 6.07) is 17.5. The lowest BCUT2D eigenvalue weighted by molar-refractivity contribution is 0.188. The molecule has 0 radical (unpaired) electrons. The van der Waals surface area contributed by atoms with Gasteiger partial charge in [-0.1, -0.05) is 30.3 Å². The summed E-state index contributed by atoms with van der Waals surface area (Å²) < 4.78 is 15.4. The Morgan fingerprint density at radius 2 is 1.92 bits per heavy atom. The smallest absolute Gasteiger partial charge is 0.404 e. The van der Waals surface area contributed by atoms with Crippen LogP contribution in [0, 0.1) is 5.82 Å². The monoisotopic (exact) mass is 524 g/mol. The Balaban J connectivity index is 1.32. The molecule has 8 nitrogen and oxygen atoms in total. The number of H-pyrrole nitrogens is 1. The third kappa shape index (κ3) is 5.26. The van der Waals surface area contributed by atoms with Gasteiger partial charge in [0.1, 0.15) is 17.0 Å². The predicted octanol–water partition coefficient (Wildman–Crippen LogP) is 5.44. The summed E-state index contributed by atoms with van der Waals surface area (Å²) in [6.45, 7) is 2.69. The zero-order chi connectivity index (χ0) is 26.8. The van der Waals surface area contributed by atoms with Gasteiger partial charge in [0.25, 0.3) is 0 Å². The Bertz CT molecular complexity index is 1640. The third-order valence-electron chi connectivity index (χ3n) is 7.26. The molecule has 4 heterocycles. The van der Waals surface area contributed by atoms with E-state index < -0.39 is 11.9 Å². The Hall–Kier alpha value is -4.50. The highest BCUT2D eigenvalue weighted by Crippen LogP contribution is 2.35. The minimum absolute atomic E-state index is 0.180. The summed E-state index contributed by atoms with van der Waals surface area (Å²) in [4.78, 5) is 25.5. The highest BCUT2D eigenvalue weighted by molar-refractivity contribution is 6.00. The molecule has 9 heteroatoms. The summed E-state index contributed by atoms with van der Waals surface area (Å²) in [5.41, 5.74) is 5.73. The van der Waals surface area contributed by atoms with Crippen LogP contribution in [0.4, 0.5) is 14.9 Å². The quantitative estimate of drug-likeness (QED) is 0.226. The van der Waals surface area contributed by atoms with E-state index in [9.17, 15) is 9.90 Å². The minimum Gasteiger partial charge on any atom is -0.465 e. The number of halogens is 1. The summed E-state index contributed by atoms with van der Waals surface area (Å²) in [6.07, 6.45) is 5.91. The van der Waals surface area contributed by atoms with Crippen LogP contribution in [-0.4, -0.2) is 45.3 Å². The molecule has 2 aromatic carbocycles. The average molecular weight is 525 g/mol. The average Bonchev–Trinajstić information content (AvgIpc) is 3.36. The van der Waals surface area contributed by atoms with E-state index >= 15 is 4.39 Å². The van der Waals surface area contributed by atoms with Gasteiger partial charge in [-0.05, 0) is 53.8 Å². The van der Waals surface area contributed by atoms with Crippen molar-refractivity contribution in [2.75, 3.05) is 18.0 Å². The topological polar surface area (TPSA) is 106 Å². The SMILES string of the molecule is O=C(O)N[C@@H]1CCCN(c2ccnc3c(F)cc(-c4c[nH]c5ncc(CNCc6ccccc6)cc45)cc23)C1. The van der Waals surface area contributed by atoms with Crippen molar-refractivity contribution >= 4 is 33.7 Å². The van der Waals surface area contributed by atoms with Crippen LogP contribution in [0.15, 0.2) is 73.2 Å². The predicted molar refractivity (Wildman–Crippen MR) is 150 cm³/mol. The Morgan fingerprint density at radius 3 is 2.77 bits per heavy atom. The van der Waals surface area contributed by atoms with E-state index in [2.05, 4.69) is 48.7 Å².